The van der Waals surface area contributed by atoms with Crippen molar-refractivity contribution in [2.45, 2.75) is 26.0 Å². The third-order valence-electron chi connectivity index (χ3n) is 3.81. The van der Waals surface area contributed by atoms with Gasteiger partial charge in [0.25, 0.3) is 0 Å². The summed E-state index contributed by atoms with van der Waals surface area (Å²) < 4.78 is 32.5. The molecule has 22 heavy (non-hydrogen) atoms. The summed E-state index contributed by atoms with van der Waals surface area (Å²) in [5.74, 6) is 0.195. The number of ether oxygens (including phenoxy) is 1. The summed E-state index contributed by atoms with van der Waals surface area (Å²) in [6.07, 6.45) is 4.60. The lowest BCUT2D eigenvalue weighted by Gasteiger charge is -2.32. The van der Waals surface area contributed by atoms with Gasteiger partial charge in [-0.2, -0.15) is 5.10 Å². The zero-order valence-electron chi connectivity index (χ0n) is 13.6. The van der Waals surface area contributed by atoms with Crippen LogP contribution in [0.4, 0.5) is 0 Å². The molecule has 0 aliphatic carbocycles. The zero-order chi connectivity index (χ0) is 16.2. The van der Waals surface area contributed by atoms with E-state index in [0.29, 0.717) is 13.0 Å². The van der Waals surface area contributed by atoms with Crippen LogP contribution < -0.4 is 0 Å². The topological polar surface area (TPSA) is 67.7 Å². The van der Waals surface area contributed by atoms with E-state index in [1.165, 1.54) is 4.31 Å². The monoisotopic (exact) mass is 330 g/mol. The highest BCUT2D eigenvalue weighted by atomic mass is 32.2. The van der Waals surface area contributed by atoms with E-state index in [9.17, 15) is 8.42 Å². The number of nitrogens with zero attached hydrogens (tertiary/aromatic N) is 4. The molecule has 1 saturated heterocycles. The maximum absolute atomic E-state index is 11.8. The normalized spacial score (nSPS) is 20.6. The Bertz CT molecular complexity index is 570. The summed E-state index contributed by atoms with van der Waals surface area (Å²) >= 11 is 0. The Balaban J connectivity index is 1.76. The lowest BCUT2D eigenvalue weighted by molar-refractivity contribution is -0.0373. The van der Waals surface area contributed by atoms with Gasteiger partial charge in [0.05, 0.1) is 31.2 Å². The van der Waals surface area contributed by atoms with Crippen molar-refractivity contribution in [1.29, 1.82) is 0 Å². The number of aromatic nitrogens is 2. The first-order chi connectivity index (χ1) is 10.4. The van der Waals surface area contributed by atoms with Gasteiger partial charge >= 0.3 is 0 Å². The molecule has 1 fully saturated rings. The molecule has 2 rings (SSSR count). The molecule has 126 valence electrons. The van der Waals surface area contributed by atoms with Crippen LogP contribution >= 0.6 is 0 Å². The van der Waals surface area contributed by atoms with Crippen molar-refractivity contribution in [2.24, 2.45) is 0 Å². The van der Waals surface area contributed by atoms with Gasteiger partial charge in [0.2, 0.25) is 10.0 Å². The van der Waals surface area contributed by atoms with E-state index in [4.69, 9.17) is 4.74 Å². The Hall–Kier alpha value is -0.960. The predicted molar refractivity (Wildman–Crippen MR) is 85.2 cm³/mol. The van der Waals surface area contributed by atoms with Gasteiger partial charge in [-0.3, -0.25) is 9.58 Å². The van der Waals surface area contributed by atoms with Crippen LogP contribution in [0.1, 0.15) is 12.0 Å². The summed E-state index contributed by atoms with van der Waals surface area (Å²) in [6.45, 7) is 5.90. The second kappa shape index (κ2) is 7.54. The molecular weight excluding hydrogens is 304 g/mol. The Kier molecular flexibility index (Phi) is 5.96. The quantitative estimate of drug-likeness (QED) is 0.713. The van der Waals surface area contributed by atoms with E-state index in [0.717, 1.165) is 31.7 Å². The minimum atomic E-state index is -3.10. The van der Waals surface area contributed by atoms with Crippen molar-refractivity contribution in [1.82, 2.24) is 19.0 Å². The maximum atomic E-state index is 11.8. The fourth-order valence-electron chi connectivity index (χ4n) is 2.52. The van der Waals surface area contributed by atoms with Gasteiger partial charge in [0, 0.05) is 33.4 Å². The summed E-state index contributed by atoms with van der Waals surface area (Å²) in [6, 6.07) is 0. The lowest BCUT2D eigenvalue weighted by Crippen LogP contribution is -2.45. The van der Waals surface area contributed by atoms with Gasteiger partial charge in [-0.05, 0) is 25.5 Å². The fourth-order valence-corrected chi connectivity index (χ4v) is 3.38. The summed E-state index contributed by atoms with van der Waals surface area (Å²) in [5.41, 5.74) is 1.14. The number of aryl methyl sites for hydroxylation is 1. The SMILES string of the molecule is Cc1cnn(C[C@H]2CN(CCCS(=O)(=O)N(C)C)CCO2)c1. The van der Waals surface area contributed by atoms with Crippen molar-refractivity contribution in [2.75, 3.05) is 46.1 Å². The third kappa shape index (κ3) is 5.05. The van der Waals surface area contributed by atoms with Crippen LogP contribution in [-0.4, -0.2) is 79.6 Å². The van der Waals surface area contributed by atoms with E-state index in [1.54, 1.807) is 14.1 Å². The van der Waals surface area contributed by atoms with Crippen LogP contribution in [0.3, 0.4) is 0 Å². The van der Waals surface area contributed by atoms with Crippen LogP contribution in [0.15, 0.2) is 12.4 Å². The van der Waals surface area contributed by atoms with Crippen molar-refractivity contribution >= 4 is 10.0 Å². The molecule has 2 heterocycles. The molecule has 1 aromatic rings. The van der Waals surface area contributed by atoms with Gasteiger partial charge in [0.15, 0.2) is 0 Å². The largest absolute Gasteiger partial charge is 0.374 e. The minimum absolute atomic E-state index is 0.110. The van der Waals surface area contributed by atoms with Crippen LogP contribution in [0.5, 0.6) is 0 Å². The second-order valence-electron chi connectivity index (χ2n) is 5.99. The Morgan fingerprint density at radius 1 is 1.45 bits per heavy atom. The Labute approximate surface area is 132 Å². The molecule has 0 amide bonds. The first kappa shape index (κ1) is 17.4. The first-order valence-electron chi connectivity index (χ1n) is 7.60. The number of hydrogen-bond donors (Lipinski definition) is 0. The van der Waals surface area contributed by atoms with Gasteiger partial charge in [0.1, 0.15) is 0 Å². The molecule has 0 spiro atoms. The standard InChI is InChI=1S/C14H26N4O3S/c1-13-9-15-18(10-13)12-14-11-17(6-7-21-14)5-4-8-22(19,20)16(2)3/h9-10,14H,4-8,11-12H2,1-3H3/t14-/m1/s1. The van der Waals surface area contributed by atoms with Gasteiger partial charge in [-0.15, -0.1) is 0 Å². The molecule has 1 atom stereocenters. The van der Waals surface area contributed by atoms with E-state index >= 15 is 0 Å². The molecule has 0 saturated carbocycles. The molecule has 1 aliphatic rings. The average molecular weight is 330 g/mol. The Morgan fingerprint density at radius 2 is 2.23 bits per heavy atom. The van der Waals surface area contributed by atoms with Crippen LogP contribution in [0.2, 0.25) is 0 Å². The van der Waals surface area contributed by atoms with Crippen molar-refractivity contribution in [3.05, 3.63) is 18.0 Å². The molecule has 8 heteroatoms. The van der Waals surface area contributed by atoms with Crippen molar-refractivity contribution in [3.63, 3.8) is 0 Å². The zero-order valence-corrected chi connectivity index (χ0v) is 14.4. The number of morpholine rings is 1. The molecular formula is C14H26N4O3S. The van der Waals surface area contributed by atoms with Gasteiger partial charge in [-0.25, -0.2) is 12.7 Å². The highest BCUT2D eigenvalue weighted by molar-refractivity contribution is 7.89. The molecule has 1 aromatic heterocycles. The maximum Gasteiger partial charge on any atom is 0.213 e. The summed E-state index contributed by atoms with van der Waals surface area (Å²) in [7, 11) is 0.0541. The van der Waals surface area contributed by atoms with Gasteiger partial charge < -0.3 is 4.74 Å². The molecule has 0 aromatic carbocycles. The minimum Gasteiger partial charge on any atom is -0.374 e. The van der Waals surface area contributed by atoms with Crippen molar-refractivity contribution < 1.29 is 13.2 Å². The van der Waals surface area contributed by atoms with E-state index in [-0.39, 0.29) is 11.9 Å². The van der Waals surface area contributed by atoms with Crippen LogP contribution in [-0.2, 0) is 21.3 Å². The summed E-state index contributed by atoms with van der Waals surface area (Å²) in [5, 5.41) is 4.28. The lowest BCUT2D eigenvalue weighted by atomic mass is 10.2. The highest BCUT2D eigenvalue weighted by Crippen LogP contribution is 2.09. The molecule has 0 radical (unpaired) electrons. The number of hydrogen-bond acceptors (Lipinski definition) is 5. The van der Waals surface area contributed by atoms with E-state index < -0.39 is 10.0 Å². The molecule has 0 N–H and O–H groups in total. The number of sulfonamides is 1. The third-order valence-corrected chi connectivity index (χ3v) is 5.73. The van der Waals surface area contributed by atoms with Crippen molar-refractivity contribution in [3.8, 4) is 0 Å². The van der Waals surface area contributed by atoms with Crippen LogP contribution in [0, 0.1) is 6.92 Å². The fraction of sp³-hybridized carbons (Fsp3) is 0.786. The summed E-state index contributed by atoms with van der Waals surface area (Å²) in [4.78, 5) is 2.27. The van der Waals surface area contributed by atoms with Crippen LogP contribution in [0.25, 0.3) is 0 Å². The second-order valence-corrected chi connectivity index (χ2v) is 8.29. The van der Waals surface area contributed by atoms with E-state index in [1.807, 2.05) is 24.0 Å². The average Bonchev–Trinajstić information content (AvgIpc) is 2.84. The first-order valence-corrected chi connectivity index (χ1v) is 9.21. The predicted octanol–water partition coefficient (Wildman–Crippen LogP) is 0.174. The smallest absolute Gasteiger partial charge is 0.213 e. The van der Waals surface area contributed by atoms with E-state index in [2.05, 4.69) is 10.00 Å². The van der Waals surface area contributed by atoms with Gasteiger partial charge in [-0.1, -0.05) is 0 Å². The Morgan fingerprint density at radius 3 is 2.86 bits per heavy atom. The number of rotatable bonds is 7. The molecule has 0 unspecified atom stereocenters. The molecule has 0 bridgehead atoms. The molecule has 7 nitrogen and oxygen atoms in total. The highest BCUT2D eigenvalue weighted by Gasteiger charge is 2.22. The molecule has 1 aliphatic heterocycles.